The van der Waals surface area contributed by atoms with Gasteiger partial charge in [-0.15, -0.1) is 0 Å². The molecule has 1 unspecified atom stereocenters. The maximum atomic E-state index is 12.4. The number of imidazole rings is 1. The lowest BCUT2D eigenvalue weighted by Crippen LogP contribution is -2.41. The van der Waals surface area contributed by atoms with Crippen molar-refractivity contribution in [1.29, 1.82) is 0 Å². The Hall–Kier alpha value is -2.64. The summed E-state index contributed by atoms with van der Waals surface area (Å²) in [4.78, 5) is 17.5. The molecular formula is C18H21F2N3O3. The summed E-state index contributed by atoms with van der Waals surface area (Å²) >= 11 is 0. The molecule has 2 heterocycles. The summed E-state index contributed by atoms with van der Waals surface area (Å²) in [5.74, 6) is 1.05. The topological polar surface area (TPSA) is 67.6 Å². The van der Waals surface area contributed by atoms with Crippen molar-refractivity contribution >= 4 is 6.09 Å². The number of alkyl halides is 2. The average molecular weight is 365 g/mol. The van der Waals surface area contributed by atoms with E-state index >= 15 is 0 Å². The summed E-state index contributed by atoms with van der Waals surface area (Å²) < 4.78 is 31.2. The maximum absolute atomic E-state index is 12.4. The van der Waals surface area contributed by atoms with Gasteiger partial charge >= 0.3 is 12.7 Å². The summed E-state index contributed by atoms with van der Waals surface area (Å²) in [5, 5.41) is 9.53. The van der Waals surface area contributed by atoms with Gasteiger partial charge in [0.05, 0.1) is 17.9 Å². The summed E-state index contributed by atoms with van der Waals surface area (Å²) in [6.45, 7) is 0.153. The molecule has 0 saturated heterocycles. The van der Waals surface area contributed by atoms with Gasteiger partial charge in [0.15, 0.2) is 0 Å². The standard InChI is InChI=1S/C18H21F2N3O3/c1-2-16-21-11-15-14(23(18(24)25)9-8-22(15)16)7-6-12-4-3-5-13(10-12)26-17(19)20/h3-5,10-11,14,17H,2,6-9H2,1H3,(H,24,25). The largest absolute Gasteiger partial charge is 0.465 e. The monoisotopic (exact) mass is 365 g/mol. The number of fused-ring (bicyclic) bond motifs is 1. The number of rotatable bonds is 6. The second kappa shape index (κ2) is 7.72. The van der Waals surface area contributed by atoms with Crippen LogP contribution in [0.15, 0.2) is 30.5 Å². The van der Waals surface area contributed by atoms with Crippen LogP contribution in [0.4, 0.5) is 13.6 Å². The fourth-order valence-corrected chi connectivity index (χ4v) is 3.47. The van der Waals surface area contributed by atoms with E-state index in [9.17, 15) is 18.7 Å². The Kier molecular flexibility index (Phi) is 5.39. The van der Waals surface area contributed by atoms with Crippen LogP contribution >= 0.6 is 0 Å². The number of ether oxygens (including phenoxy) is 1. The van der Waals surface area contributed by atoms with E-state index in [2.05, 4.69) is 14.3 Å². The fourth-order valence-electron chi connectivity index (χ4n) is 3.47. The lowest BCUT2D eigenvalue weighted by atomic mass is 10.0. The molecule has 2 aromatic rings. The van der Waals surface area contributed by atoms with Gasteiger partial charge < -0.3 is 14.4 Å². The molecule has 1 atom stereocenters. The molecule has 1 aromatic heterocycles. The van der Waals surface area contributed by atoms with Crippen molar-refractivity contribution in [3.05, 3.63) is 47.5 Å². The van der Waals surface area contributed by atoms with Gasteiger partial charge in [0.2, 0.25) is 0 Å². The van der Waals surface area contributed by atoms with Gasteiger partial charge in [-0.3, -0.25) is 4.90 Å². The Bertz CT molecular complexity index is 779. The number of aryl methyl sites for hydroxylation is 2. The molecule has 0 spiro atoms. The third kappa shape index (κ3) is 3.79. The van der Waals surface area contributed by atoms with Crippen molar-refractivity contribution < 1.29 is 23.4 Å². The molecule has 6 nitrogen and oxygen atoms in total. The van der Waals surface area contributed by atoms with Crippen LogP contribution in [0.25, 0.3) is 0 Å². The lowest BCUT2D eigenvalue weighted by molar-refractivity contribution is -0.0498. The summed E-state index contributed by atoms with van der Waals surface area (Å²) in [7, 11) is 0. The van der Waals surface area contributed by atoms with Gasteiger partial charge in [-0.25, -0.2) is 9.78 Å². The van der Waals surface area contributed by atoms with Crippen molar-refractivity contribution in [3.63, 3.8) is 0 Å². The van der Waals surface area contributed by atoms with Crippen LogP contribution in [0.5, 0.6) is 5.75 Å². The first-order chi connectivity index (χ1) is 12.5. The number of benzene rings is 1. The normalized spacial score (nSPS) is 16.6. The molecule has 26 heavy (non-hydrogen) atoms. The molecule has 8 heteroatoms. The molecule has 0 saturated carbocycles. The van der Waals surface area contributed by atoms with Crippen LogP contribution in [0.1, 0.15) is 36.5 Å². The van der Waals surface area contributed by atoms with Crippen LogP contribution in [-0.2, 0) is 19.4 Å². The number of hydrogen-bond acceptors (Lipinski definition) is 3. The van der Waals surface area contributed by atoms with Crippen molar-refractivity contribution in [1.82, 2.24) is 14.5 Å². The van der Waals surface area contributed by atoms with Crippen molar-refractivity contribution in [2.24, 2.45) is 0 Å². The molecule has 1 aliphatic rings. The van der Waals surface area contributed by atoms with Crippen LogP contribution in [0.2, 0.25) is 0 Å². The van der Waals surface area contributed by atoms with E-state index in [0.29, 0.717) is 25.9 Å². The van der Waals surface area contributed by atoms with Gasteiger partial charge in [0, 0.05) is 19.5 Å². The van der Waals surface area contributed by atoms with Gasteiger partial charge in [0.1, 0.15) is 11.6 Å². The molecule has 0 radical (unpaired) electrons. The first kappa shape index (κ1) is 18.2. The van der Waals surface area contributed by atoms with Crippen molar-refractivity contribution in [2.75, 3.05) is 6.54 Å². The zero-order valence-corrected chi connectivity index (χ0v) is 14.4. The smallest absolute Gasteiger partial charge is 0.407 e. The average Bonchev–Trinajstić information content (AvgIpc) is 3.02. The Morgan fingerprint density at radius 2 is 2.23 bits per heavy atom. The maximum Gasteiger partial charge on any atom is 0.407 e. The van der Waals surface area contributed by atoms with Crippen LogP contribution in [-0.4, -0.2) is 38.8 Å². The molecule has 0 aliphatic carbocycles. The van der Waals surface area contributed by atoms with Crippen LogP contribution in [0.3, 0.4) is 0 Å². The van der Waals surface area contributed by atoms with Gasteiger partial charge in [-0.05, 0) is 30.5 Å². The molecule has 140 valence electrons. The van der Waals surface area contributed by atoms with E-state index in [4.69, 9.17) is 0 Å². The number of carbonyl (C=O) groups is 1. The zero-order valence-electron chi connectivity index (χ0n) is 14.4. The van der Waals surface area contributed by atoms with Crippen LogP contribution in [0, 0.1) is 0 Å². The first-order valence-electron chi connectivity index (χ1n) is 8.57. The fraction of sp³-hybridized carbons (Fsp3) is 0.444. The summed E-state index contributed by atoms with van der Waals surface area (Å²) in [5.41, 5.74) is 1.70. The Morgan fingerprint density at radius 3 is 2.92 bits per heavy atom. The Balaban J connectivity index is 1.78. The van der Waals surface area contributed by atoms with E-state index in [-0.39, 0.29) is 11.8 Å². The SMILES string of the molecule is CCc1ncc2n1CCN(C(=O)O)C2CCc1cccc(OC(F)F)c1. The molecule has 1 aliphatic heterocycles. The number of nitrogens with zero attached hydrogens (tertiary/aromatic N) is 3. The van der Waals surface area contributed by atoms with Crippen LogP contribution < -0.4 is 4.74 Å². The molecule has 1 N–H and O–H groups in total. The van der Waals surface area contributed by atoms with Gasteiger partial charge in [-0.2, -0.15) is 8.78 Å². The van der Waals surface area contributed by atoms with E-state index in [1.54, 1.807) is 18.3 Å². The van der Waals surface area contributed by atoms with Gasteiger partial charge in [0.25, 0.3) is 0 Å². The first-order valence-corrected chi connectivity index (χ1v) is 8.57. The van der Waals surface area contributed by atoms with E-state index < -0.39 is 12.7 Å². The number of hydrogen-bond donors (Lipinski definition) is 1. The minimum absolute atomic E-state index is 0.106. The van der Waals surface area contributed by atoms with Gasteiger partial charge in [-0.1, -0.05) is 19.1 Å². The third-order valence-corrected chi connectivity index (χ3v) is 4.64. The second-order valence-electron chi connectivity index (χ2n) is 6.16. The quantitative estimate of drug-likeness (QED) is 0.847. The minimum Gasteiger partial charge on any atom is -0.465 e. The van der Waals surface area contributed by atoms with E-state index in [1.165, 1.54) is 11.0 Å². The Morgan fingerprint density at radius 1 is 1.42 bits per heavy atom. The number of aromatic nitrogens is 2. The molecule has 0 fully saturated rings. The number of halogens is 2. The molecule has 0 bridgehead atoms. The summed E-state index contributed by atoms with van der Waals surface area (Å²) in [6, 6.07) is 6.20. The van der Waals surface area contributed by atoms with E-state index in [0.717, 1.165) is 23.5 Å². The molecule has 3 rings (SSSR count). The highest BCUT2D eigenvalue weighted by Gasteiger charge is 2.32. The van der Waals surface area contributed by atoms with Crippen molar-refractivity contribution in [2.45, 2.75) is 45.4 Å². The third-order valence-electron chi connectivity index (χ3n) is 4.64. The Labute approximate surface area is 150 Å². The predicted molar refractivity (Wildman–Crippen MR) is 90.5 cm³/mol. The zero-order chi connectivity index (χ0) is 18.7. The number of carboxylic acid groups (broad SMARTS) is 1. The lowest BCUT2D eigenvalue weighted by Gasteiger charge is -2.35. The second-order valence-corrected chi connectivity index (χ2v) is 6.16. The van der Waals surface area contributed by atoms with Crippen molar-refractivity contribution in [3.8, 4) is 5.75 Å². The van der Waals surface area contributed by atoms with E-state index in [1.807, 2.05) is 13.0 Å². The highest BCUT2D eigenvalue weighted by atomic mass is 19.3. The predicted octanol–water partition coefficient (Wildman–Crippen LogP) is 3.71. The number of amides is 1. The molecular weight excluding hydrogens is 344 g/mol. The summed E-state index contributed by atoms with van der Waals surface area (Å²) in [6.07, 6.45) is 2.65. The minimum atomic E-state index is -2.87. The highest BCUT2D eigenvalue weighted by molar-refractivity contribution is 5.66. The molecule has 1 amide bonds. The highest BCUT2D eigenvalue weighted by Crippen LogP contribution is 2.31. The molecule has 1 aromatic carbocycles.